The molecule has 0 spiro atoms. The minimum atomic E-state index is -1.28. The first kappa shape index (κ1) is 96.4. The minimum absolute atomic E-state index is 0.0369. The number of nitrogens with two attached hydrogens (primary N) is 8. The number of nitrogens with one attached hydrogen (secondary N) is 11. The summed E-state index contributed by atoms with van der Waals surface area (Å²) in [5.41, 5.74) is 46.8. The molecule has 12 amide bonds. The van der Waals surface area contributed by atoms with Crippen LogP contribution in [0.25, 0.3) is 0 Å². The lowest BCUT2D eigenvalue weighted by atomic mass is 9.98. The molecule has 0 fully saturated rings. The van der Waals surface area contributed by atoms with E-state index >= 15 is 0 Å². The first-order chi connectivity index (χ1) is 48.6. The molecule has 12 atom stereocenters. The summed E-state index contributed by atoms with van der Waals surface area (Å²) in [7, 11) is 0. The highest BCUT2D eigenvalue weighted by Gasteiger charge is 2.38. The van der Waals surface area contributed by atoms with Gasteiger partial charge in [-0.1, -0.05) is 83.1 Å². The highest BCUT2D eigenvalue weighted by Crippen LogP contribution is 2.17. The molecule has 0 aliphatic heterocycles. The first-order valence-electron chi connectivity index (χ1n) is 38.2. The summed E-state index contributed by atoms with van der Waals surface area (Å²) >= 11 is 0. The van der Waals surface area contributed by atoms with E-state index in [9.17, 15) is 57.5 Å². The molecular weight excluding hydrogens is 1320 g/mol. The molecule has 596 valence electrons. The van der Waals surface area contributed by atoms with Crippen molar-refractivity contribution in [3.63, 3.8) is 0 Å². The third kappa shape index (κ3) is 42.8. The predicted molar refractivity (Wildman–Crippen MR) is 403 cm³/mol. The summed E-state index contributed by atoms with van der Waals surface area (Å²) in [5.74, 6) is -8.84. The van der Waals surface area contributed by atoms with Crippen molar-refractivity contribution < 1.29 is 57.5 Å². The molecule has 0 aromatic carbocycles. The van der Waals surface area contributed by atoms with Gasteiger partial charge >= 0.3 is 0 Å². The van der Waals surface area contributed by atoms with Gasteiger partial charge in [-0.25, -0.2) is 0 Å². The smallest absolute Gasteiger partial charge is 0.243 e. The second kappa shape index (κ2) is 54.9. The average molecular weight is 1470 g/mol. The van der Waals surface area contributed by atoms with E-state index in [-0.39, 0.29) is 126 Å². The van der Waals surface area contributed by atoms with E-state index in [0.29, 0.717) is 103 Å². The lowest BCUT2D eigenvalue weighted by Crippen LogP contribution is -2.61. The fourth-order valence-corrected chi connectivity index (χ4v) is 11.7. The van der Waals surface area contributed by atoms with Crippen molar-refractivity contribution in [2.45, 2.75) is 310 Å². The second-order valence-electron chi connectivity index (χ2n) is 30.2. The number of carbonyl (C=O) groups excluding carboxylic acids is 12. The SMILES string of the molecule is CC(C)C[C@H](NC(=O)[C@H](CC(C)C)NC(=O)[C@H](CCCCN)NC(=O)[C@H](CCCCN)NC(=O)[C@H](CC(C)C)NC(=O)[C@H](CC(C)C)NC(=O)[C@H](CCCCN)NC(=O)[C@H](CCCCN)NC(=O)[C@H](CC(C)C)NC(=O)[C@@H](N)CC(C)C)C(=O)N[C@@H](CCCCN)C(=O)N[C@@H](CCCCN)C(N)=O. The molecule has 0 rings (SSSR count). The average Bonchev–Trinajstić information content (AvgIpc) is 0.861. The Hall–Kier alpha value is -6.64. The van der Waals surface area contributed by atoms with Crippen LogP contribution in [0, 0.1) is 35.5 Å². The monoisotopic (exact) mass is 1460 g/mol. The molecule has 0 unspecified atom stereocenters. The van der Waals surface area contributed by atoms with Crippen LogP contribution in [0.15, 0.2) is 0 Å². The maximum atomic E-state index is 14.7. The van der Waals surface area contributed by atoms with Crippen molar-refractivity contribution in [2.75, 3.05) is 39.3 Å². The molecule has 0 heterocycles. The van der Waals surface area contributed by atoms with E-state index in [1.54, 1.807) is 0 Å². The maximum absolute atomic E-state index is 14.7. The van der Waals surface area contributed by atoms with Crippen LogP contribution in [0.5, 0.6) is 0 Å². The van der Waals surface area contributed by atoms with E-state index in [1.165, 1.54) is 0 Å². The maximum Gasteiger partial charge on any atom is 0.243 e. The lowest BCUT2D eigenvalue weighted by molar-refractivity contribution is -0.136. The van der Waals surface area contributed by atoms with Crippen LogP contribution >= 0.6 is 0 Å². The van der Waals surface area contributed by atoms with Crippen molar-refractivity contribution >= 4 is 70.9 Å². The fourth-order valence-electron chi connectivity index (χ4n) is 11.7. The second-order valence-corrected chi connectivity index (χ2v) is 30.2. The third-order valence-corrected chi connectivity index (χ3v) is 17.3. The van der Waals surface area contributed by atoms with Crippen LogP contribution in [0.2, 0.25) is 0 Å². The summed E-state index contributed by atoms with van der Waals surface area (Å²) in [5, 5.41) is 30.9. The Labute approximate surface area is 614 Å². The zero-order valence-corrected chi connectivity index (χ0v) is 64.6. The van der Waals surface area contributed by atoms with Crippen molar-refractivity contribution in [1.82, 2.24) is 58.5 Å². The van der Waals surface area contributed by atoms with Gasteiger partial charge in [0, 0.05) is 0 Å². The van der Waals surface area contributed by atoms with Gasteiger partial charge in [-0.3, -0.25) is 57.5 Å². The number of primary amides is 1. The normalized spacial score (nSPS) is 15.1. The number of carbonyl (C=O) groups is 12. The highest BCUT2D eigenvalue weighted by atomic mass is 16.2. The van der Waals surface area contributed by atoms with E-state index in [1.807, 2.05) is 83.1 Å². The van der Waals surface area contributed by atoms with Gasteiger partial charge in [0.2, 0.25) is 70.9 Å². The number of rotatable bonds is 59. The Kier molecular flexibility index (Phi) is 51.4. The van der Waals surface area contributed by atoms with E-state index in [4.69, 9.17) is 45.9 Å². The predicted octanol–water partition coefficient (Wildman–Crippen LogP) is 0.182. The number of hydrogen-bond donors (Lipinski definition) is 19. The molecule has 0 aromatic rings. The summed E-state index contributed by atoms with van der Waals surface area (Å²) in [4.78, 5) is 170. The Bertz CT molecular complexity index is 2530. The molecule has 31 nitrogen and oxygen atoms in total. The van der Waals surface area contributed by atoms with Crippen molar-refractivity contribution in [3.8, 4) is 0 Å². The minimum Gasteiger partial charge on any atom is -0.368 e. The Morgan fingerprint density at radius 2 is 0.359 bits per heavy atom. The van der Waals surface area contributed by atoms with Crippen LogP contribution in [0.1, 0.15) is 237 Å². The molecule has 0 bridgehead atoms. The molecule has 31 heteroatoms. The van der Waals surface area contributed by atoms with E-state index < -0.39 is 143 Å². The Morgan fingerprint density at radius 1 is 0.214 bits per heavy atom. The third-order valence-electron chi connectivity index (χ3n) is 17.3. The fraction of sp³-hybridized carbons (Fsp3) is 0.833. The van der Waals surface area contributed by atoms with Gasteiger partial charge in [0.1, 0.15) is 66.5 Å². The van der Waals surface area contributed by atoms with Gasteiger partial charge in [-0.2, -0.15) is 0 Å². The van der Waals surface area contributed by atoms with Crippen LogP contribution in [0.4, 0.5) is 0 Å². The van der Waals surface area contributed by atoms with Gasteiger partial charge in [0.05, 0.1) is 6.04 Å². The standard InChI is InChI=1S/C72H141N19O12/c1-43(2)37-49(79)62(93)87-56(38-44(3)4)68(99)85-52(27-15-21-33-75)64(95)82-54(29-17-23-35-77)66(97)89-60(42-48(11)12)72(103)91-58(40-46(7)8)70(101)86-53(28-16-22-34-76)65(96)83-55(30-18-24-36-78)67(98)88-59(41-47(9)10)71(102)90-57(39-45(5)6)69(100)84-51(26-14-20-32-74)63(94)81-50(61(80)92)25-13-19-31-73/h43-60H,13-42,73-79H2,1-12H3,(H2,80,92)(H,81,94)(H,82,95)(H,83,96)(H,84,100)(H,85,99)(H,86,101)(H,87,93)(H,88,98)(H,89,97)(H,90,102)(H,91,103)/t49-,50-,51-,52-,53-,54-,55-,56-,57-,58-,59-,60-/m0/s1. The summed E-state index contributed by atoms with van der Waals surface area (Å²) in [6.07, 6.45) is 7.42. The summed E-state index contributed by atoms with van der Waals surface area (Å²) in [6, 6.07) is -13.9. The Morgan fingerprint density at radius 3 is 0.524 bits per heavy atom. The molecule has 103 heavy (non-hydrogen) atoms. The molecule has 0 radical (unpaired) electrons. The molecule has 27 N–H and O–H groups in total. The van der Waals surface area contributed by atoms with Crippen molar-refractivity contribution in [1.29, 1.82) is 0 Å². The van der Waals surface area contributed by atoms with E-state index in [2.05, 4.69) is 58.5 Å². The van der Waals surface area contributed by atoms with Gasteiger partial charge in [0.15, 0.2) is 0 Å². The van der Waals surface area contributed by atoms with Gasteiger partial charge in [-0.05, 0) is 229 Å². The van der Waals surface area contributed by atoms with Crippen LogP contribution in [-0.2, 0) is 57.5 Å². The van der Waals surface area contributed by atoms with Crippen LogP contribution in [-0.4, -0.2) is 183 Å². The molecule has 0 saturated heterocycles. The van der Waals surface area contributed by atoms with Crippen LogP contribution < -0.4 is 104 Å². The Balaban J connectivity index is 7.21. The van der Waals surface area contributed by atoms with Gasteiger partial charge in [0.25, 0.3) is 0 Å². The zero-order chi connectivity index (χ0) is 78.3. The number of amides is 12. The molecule has 0 saturated carbocycles. The quantitative estimate of drug-likeness (QED) is 0.0361. The summed E-state index contributed by atoms with van der Waals surface area (Å²) in [6.45, 7) is 24.2. The van der Waals surface area contributed by atoms with E-state index in [0.717, 1.165) is 0 Å². The number of hydrogen-bond acceptors (Lipinski definition) is 19. The van der Waals surface area contributed by atoms with Gasteiger partial charge in [-0.15, -0.1) is 0 Å². The summed E-state index contributed by atoms with van der Waals surface area (Å²) < 4.78 is 0. The molecule has 0 aromatic heterocycles. The highest BCUT2D eigenvalue weighted by molar-refractivity contribution is 5.99. The lowest BCUT2D eigenvalue weighted by Gasteiger charge is -2.30. The molecular formula is C72H141N19O12. The number of unbranched alkanes of at least 4 members (excludes halogenated alkanes) is 6. The zero-order valence-electron chi connectivity index (χ0n) is 64.6. The topological polar surface area (TPSA) is 545 Å². The molecule has 0 aliphatic carbocycles. The first-order valence-corrected chi connectivity index (χ1v) is 38.2. The van der Waals surface area contributed by atoms with Crippen molar-refractivity contribution in [3.05, 3.63) is 0 Å². The largest absolute Gasteiger partial charge is 0.368 e. The molecule has 0 aliphatic rings. The van der Waals surface area contributed by atoms with Crippen molar-refractivity contribution in [2.24, 2.45) is 81.4 Å². The van der Waals surface area contributed by atoms with Gasteiger partial charge < -0.3 is 104 Å². The van der Waals surface area contributed by atoms with Crippen LogP contribution in [0.3, 0.4) is 0 Å².